The van der Waals surface area contributed by atoms with E-state index in [2.05, 4.69) is 300 Å². The first-order chi connectivity index (χ1) is 35.7. The Morgan fingerprint density at radius 1 is 0.250 bits per heavy atom. The molecule has 4 heteroatoms. The quantitative estimate of drug-likeness (QED) is 0.128. The molecule has 0 N–H and O–H groups in total. The van der Waals surface area contributed by atoms with Gasteiger partial charge in [-0.3, -0.25) is 0 Å². The van der Waals surface area contributed by atoms with Gasteiger partial charge in [0.25, 0.3) is 0 Å². The first-order valence-corrected chi connectivity index (χ1v) is 25.3. The summed E-state index contributed by atoms with van der Waals surface area (Å²) in [6.07, 6.45) is 2.35. The van der Waals surface area contributed by atoms with Crippen molar-refractivity contribution in [3.63, 3.8) is 0 Å². The largest absolute Gasteiger partial charge is 0.310 e. The van der Waals surface area contributed by atoms with Crippen molar-refractivity contribution in [1.29, 1.82) is 0 Å². The van der Waals surface area contributed by atoms with Gasteiger partial charge in [0.2, 0.25) is 0 Å². The molecule has 11 aromatic carbocycles. The summed E-state index contributed by atoms with van der Waals surface area (Å²) in [6.45, 7) is 0. The van der Waals surface area contributed by atoms with Crippen molar-refractivity contribution in [3.05, 3.63) is 296 Å². The molecular weight excluding hydrogens is 891 g/mol. The predicted molar refractivity (Wildman–Crippen MR) is 308 cm³/mol. The number of nitrogens with zero attached hydrogens (tertiary/aromatic N) is 3. The van der Waals surface area contributed by atoms with Crippen molar-refractivity contribution in [2.75, 3.05) is 14.7 Å². The second kappa shape index (κ2) is 18.6. The van der Waals surface area contributed by atoms with Crippen molar-refractivity contribution < 1.29 is 0 Å². The molecule has 1 aromatic heterocycles. The second-order valence-corrected chi connectivity index (χ2v) is 19.2. The van der Waals surface area contributed by atoms with Gasteiger partial charge in [0.1, 0.15) is 0 Å². The molecule has 1 aliphatic rings. The highest BCUT2D eigenvalue weighted by atomic mass is 32.1. The molecule has 0 amide bonds. The number of hydrogen-bond donors (Lipinski definition) is 0. The van der Waals surface area contributed by atoms with Crippen LogP contribution in [0.1, 0.15) is 16.7 Å². The average molecular weight is 938 g/mol. The minimum Gasteiger partial charge on any atom is -0.310 e. The third-order valence-corrected chi connectivity index (χ3v) is 14.9. The minimum atomic E-state index is 1.10. The fourth-order valence-corrected chi connectivity index (χ4v) is 11.5. The highest BCUT2D eigenvalue weighted by Gasteiger charge is 2.28. The summed E-state index contributed by atoms with van der Waals surface area (Å²) >= 11 is 1.85. The molecule has 3 nitrogen and oxygen atoms in total. The first kappa shape index (κ1) is 42.8. The van der Waals surface area contributed by atoms with Crippen LogP contribution >= 0.6 is 11.3 Å². The Morgan fingerprint density at radius 3 is 1.14 bits per heavy atom. The lowest BCUT2D eigenvalue weighted by Crippen LogP contribution is -2.10. The third-order valence-electron chi connectivity index (χ3n) is 13.7. The van der Waals surface area contributed by atoms with Crippen molar-refractivity contribution >= 4 is 94.3 Å². The van der Waals surface area contributed by atoms with E-state index >= 15 is 0 Å². The maximum Gasteiger partial charge on any atom is 0.0468 e. The van der Waals surface area contributed by atoms with Crippen LogP contribution in [0.5, 0.6) is 0 Å². The summed E-state index contributed by atoms with van der Waals surface area (Å²) < 4.78 is 2.52. The van der Waals surface area contributed by atoms with Crippen LogP contribution in [0.25, 0.3) is 54.1 Å². The van der Waals surface area contributed by atoms with Crippen molar-refractivity contribution in [2.24, 2.45) is 0 Å². The summed E-state index contributed by atoms with van der Waals surface area (Å²) in [6, 6.07) is 101. The maximum absolute atomic E-state index is 2.41. The Morgan fingerprint density at radius 2 is 0.625 bits per heavy atom. The first-order valence-electron chi connectivity index (χ1n) is 24.5. The number of para-hydroxylation sites is 4. The standard InChI is InChI=1S/C68H47N3S/c1-7-20-48(21-8-1)42-62-60-38-34-56(44-63(60)61-39-35-57(45-64(61)62)70(53-29-15-5-16-30-53)55-33-19-24-50(43-55)49-22-9-2-10-23-49)71(54-31-17-6-18-32-54)59-37-41-68-66(47-59)65-46-58(36-40-67(65)72-68)69(51-25-11-3-12-26-51)52-27-13-4-14-28-52/h1-47H/b62-42-. The van der Waals surface area contributed by atoms with Gasteiger partial charge in [-0.05, 0) is 172 Å². The third kappa shape index (κ3) is 8.00. The van der Waals surface area contributed by atoms with Crippen molar-refractivity contribution in [3.8, 4) is 22.3 Å². The van der Waals surface area contributed by atoms with Gasteiger partial charge in [-0.15, -0.1) is 11.3 Å². The van der Waals surface area contributed by atoms with Crippen LogP contribution in [0.15, 0.2) is 279 Å². The smallest absolute Gasteiger partial charge is 0.0468 e. The van der Waals surface area contributed by atoms with E-state index in [4.69, 9.17) is 0 Å². The number of benzene rings is 11. The summed E-state index contributed by atoms with van der Waals surface area (Å²) in [5.74, 6) is 0. The minimum absolute atomic E-state index is 1.10. The zero-order valence-electron chi connectivity index (χ0n) is 39.4. The molecule has 0 radical (unpaired) electrons. The number of rotatable bonds is 11. The van der Waals surface area contributed by atoms with E-state index in [1.165, 1.54) is 59.1 Å². The molecule has 1 aliphatic carbocycles. The van der Waals surface area contributed by atoms with Crippen molar-refractivity contribution in [2.45, 2.75) is 0 Å². The van der Waals surface area contributed by atoms with Crippen LogP contribution in [0, 0.1) is 0 Å². The van der Waals surface area contributed by atoms with E-state index in [0.717, 1.165) is 56.7 Å². The van der Waals surface area contributed by atoms with Gasteiger partial charge >= 0.3 is 0 Å². The average Bonchev–Trinajstić information content (AvgIpc) is 3.96. The van der Waals surface area contributed by atoms with Crippen LogP contribution in [0.4, 0.5) is 51.2 Å². The van der Waals surface area contributed by atoms with Gasteiger partial charge in [0.05, 0.1) is 0 Å². The van der Waals surface area contributed by atoms with Crippen molar-refractivity contribution in [1.82, 2.24) is 0 Å². The maximum atomic E-state index is 2.41. The second-order valence-electron chi connectivity index (χ2n) is 18.2. The molecule has 72 heavy (non-hydrogen) atoms. The summed E-state index contributed by atoms with van der Waals surface area (Å²) in [7, 11) is 0. The van der Waals surface area contributed by atoms with E-state index in [1.54, 1.807) is 0 Å². The SMILES string of the molecule is C(=C1/c2cc(N(c3ccccc3)c3cccc(-c4ccccc4)c3)ccc2-c2cc(N(c3ccccc3)c3ccc4sc5ccc(N(c6ccccc6)c6ccccc6)cc5c4c3)ccc21)/c1ccccc1. The Hall–Kier alpha value is -9.22. The molecule has 0 unspecified atom stereocenters. The normalized spacial score (nSPS) is 12.2. The highest BCUT2D eigenvalue weighted by molar-refractivity contribution is 7.25. The number of thiophene rings is 1. The fraction of sp³-hybridized carbons (Fsp3) is 0. The van der Waals surface area contributed by atoms with Gasteiger partial charge in [0, 0.05) is 71.4 Å². The number of fused-ring (bicyclic) bond motifs is 6. The van der Waals surface area contributed by atoms with E-state index in [9.17, 15) is 0 Å². The molecule has 0 saturated carbocycles. The molecule has 12 aromatic rings. The molecule has 1 heterocycles. The summed E-state index contributed by atoms with van der Waals surface area (Å²) in [4.78, 5) is 7.14. The topological polar surface area (TPSA) is 9.72 Å². The lowest BCUT2D eigenvalue weighted by molar-refractivity contribution is 1.28. The summed E-state index contributed by atoms with van der Waals surface area (Å²) in [5.41, 5.74) is 19.5. The van der Waals surface area contributed by atoms with Gasteiger partial charge in [-0.2, -0.15) is 0 Å². The van der Waals surface area contributed by atoms with Crippen LogP contribution < -0.4 is 14.7 Å². The van der Waals surface area contributed by atoms with Crippen LogP contribution in [0.3, 0.4) is 0 Å². The molecule has 0 aliphatic heterocycles. The summed E-state index contributed by atoms with van der Waals surface area (Å²) in [5, 5.41) is 2.48. The molecule has 0 atom stereocenters. The van der Waals surface area contributed by atoms with Crippen LogP contribution in [0.2, 0.25) is 0 Å². The van der Waals surface area contributed by atoms with E-state index in [1.807, 2.05) is 11.3 Å². The molecule has 0 saturated heterocycles. The Bertz CT molecular complexity index is 3870. The number of anilines is 9. The zero-order chi connectivity index (χ0) is 47.8. The van der Waals surface area contributed by atoms with Gasteiger partial charge in [-0.1, -0.05) is 158 Å². The monoisotopic (exact) mass is 937 g/mol. The van der Waals surface area contributed by atoms with E-state index in [0.29, 0.717) is 0 Å². The number of hydrogen-bond acceptors (Lipinski definition) is 4. The lowest BCUT2D eigenvalue weighted by Gasteiger charge is -2.27. The Balaban J connectivity index is 0.947. The van der Waals surface area contributed by atoms with Gasteiger partial charge < -0.3 is 14.7 Å². The molecule has 0 fully saturated rings. The van der Waals surface area contributed by atoms with Gasteiger partial charge in [-0.25, -0.2) is 0 Å². The van der Waals surface area contributed by atoms with Gasteiger partial charge in [0.15, 0.2) is 0 Å². The van der Waals surface area contributed by atoms with E-state index < -0.39 is 0 Å². The molecule has 0 bridgehead atoms. The van der Waals surface area contributed by atoms with Crippen LogP contribution in [-0.2, 0) is 0 Å². The Labute approximate surface area is 424 Å². The Kier molecular flexibility index (Phi) is 11.1. The highest BCUT2D eigenvalue weighted by Crippen LogP contribution is 2.51. The fourth-order valence-electron chi connectivity index (χ4n) is 10.4. The molecular formula is C68H47N3S. The van der Waals surface area contributed by atoms with Crippen LogP contribution in [-0.4, -0.2) is 0 Å². The predicted octanol–water partition coefficient (Wildman–Crippen LogP) is 19.7. The molecule has 340 valence electrons. The molecule has 0 spiro atoms. The zero-order valence-corrected chi connectivity index (χ0v) is 40.2. The van der Waals surface area contributed by atoms with E-state index in [-0.39, 0.29) is 0 Å². The molecule has 13 rings (SSSR count). The lowest BCUT2D eigenvalue weighted by atomic mass is 9.99.